The quantitative estimate of drug-likeness (QED) is 0.0369. The fraction of sp³-hybridized carbons (Fsp3) is 1.00. The molecule has 0 bridgehead atoms. The van der Waals surface area contributed by atoms with Gasteiger partial charge in [-0.25, -0.2) is 50.5 Å². The van der Waals surface area contributed by atoms with E-state index in [-0.39, 0.29) is 0 Å². The molecule has 4 aliphatic rings. The number of aliphatic hydroxyl groups excluding tert-OH is 8. The summed E-state index contributed by atoms with van der Waals surface area (Å²) in [5.74, 6) is 0. The van der Waals surface area contributed by atoms with Crippen LogP contribution in [0.5, 0.6) is 0 Å². The maximum Gasteiger partial charge on any atom is 0.218 e. The molecular formula is C24H36O39S6-6. The molecule has 0 radical (unpaired) electrons. The molecule has 4 aliphatic heterocycles. The fourth-order valence-electron chi connectivity index (χ4n) is 6.70. The van der Waals surface area contributed by atoms with Crippen molar-refractivity contribution in [3.05, 3.63) is 0 Å². The van der Waals surface area contributed by atoms with E-state index in [1.54, 1.807) is 0 Å². The van der Waals surface area contributed by atoms with E-state index >= 15 is 0 Å². The van der Waals surface area contributed by atoms with Crippen molar-refractivity contribution in [2.75, 3.05) is 26.4 Å². The Hall–Kier alpha value is -1.38. The van der Waals surface area contributed by atoms with Gasteiger partial charge in [-0.1, -0.05) is 0 Å². The number of aliphatic hydroxyl groups is 8. The molecule has 45 heteroatoms. The van der Waals surface area contributed by atoms with Gasteiger partial charge in [0.2, 0.25) is 62.4 Å². The first-order valence-corrected chi connectivity index (χ1v) is 26.0. The summed E-state index contributed by atoms with van der Waals surface area (Å²) in [5, 5.41) is 84.5. The molecule has 0 spiro atoms. The lowest BCUT2D eigenvalue weighted by molar-refractivity contribution is -0.383. The van der Waals surface area contributed by atoms with Gasteiger partial charge in [0.15, 0.2) is 49.6 Å². The molecule has 0 unspecified atom stereocenters. The first kappa shape index (κ1) is 60.2. The third kappa shape index (κ3) is 17.4. The van der Waals surface area contributed by atoms with E-state index in [1.807, 2.05) is 0 Å². The summed E-state index contributed by atoms with van der Waals surface area (Å²) in [6.07, 6.45) is -55.0. The maximum atomic E-state index is 12.1. The third-order valence-electron chi connectivity index (χ3n) is 9.42. The second-order valence-electron chi connectivity index (χ2n) is 14.1. The smallest absolute Gasteiger partial charge is 0.218 e. The lowest BCUT2D eigenvalue weighted by atomic mass is 9.95. The average Bonchev–Trinajstić information content (AvgIpc) is 3.17. The fourth-order valence-corrected chi connectivity index (χ4v) is 9.20. The second-order valence-corrected chi connectivity index (χ2v) is 20.2. The van der Waals surface area contributed by atoms with Crippen molar-refractivity contribution >= 4 is 62.4 Å². The van der Waals surface area contributed by atoms with Crippen LogP contribution in [0, 0.1) is 0 Å². The SMILES string of the molecule is O=S(=O)([O-])OC[C@H]1O[C@H](O[C@H]2[C@@H](O)[C@@H](CO)O[C@@H](O[C@@H]3[C@H](O)[C@@H](OS(=O)(=O)[O-])[C@@H](O[C@H]4[C@@H](O)[C@@H](CO)O[C@@H](O)[C@@H]4OS(=O)(=O)[O-])O[C@@H]3COS(=O)(=O)[O-])[C@@H]2OS(=O)(=O)[O-])[C@H](OS(=O)(=O)[O-])[C@@H](O)[C@H]1O. The lowest BCUT2D eigenvalue weighted by Gasteiger charge is -2.50. The first-order valence-electron chi connectivity index (χ1n) is 18.0. The molecule has 0 aromatic heterocycles. The van der Waals surface area contributed by atoms with Gasteiger partial charge in [0.05, 0.1) is 26.4 Å². The summed E-state index contributed by atoms with van der Waals surface area (Å²) in [6, 6.07) is 0. The van der Waals surface area contributed by atoms with Gasteiger partial charge in [0.25, 0.3) is 0 Å². The van der Waals surface area contributed by atoms with Gasteiger partial charge in [-0.15, -0.1) is 0 Å². The van der Waals surface area contributed by atoms with Crippen LogP contribution in [0.4, 0.5) is 0 Å². The molecule has 0 aromatic rings. The molecule has 20 atom stereocenters. The minimum absolute atomic E-state index is 1.29. The van der Waals surface area contributed by atoms with Crippen molar-refractivity contribution in [1.29, 1.82) is 0 Å². The van der Waals surface area contributed by atoms with Gasteiger partial charge >= 0.3 is 0 Å². The van der Waals surface area contributed by atoms with E-state index in [9.17, 15) is 119 Å². The van der Waals surface area contributed by atoms with Crippen LogP contribution in [0.25, 0.3) is 0 Å². The Bertz CT molecular complexity index is 2400. The van der Waals surface area contributed by atoms with Gasteiger partial charge in [0, 0.05) is 0 Å². The van der Waals surface area contributed by atoms with Gasteiger partial charge < -0.3 is 101 Å². The van der Waals surface area contributed by atoms with Crippen LogP contribution in [-0.2, 0) is 121 Å². The van der Waals surface area contributed by atoms with Crippen LogP contribution < -0.4 is 0 Å². The molecule has 408 valence electrons. The predicted molar refractivity (Wildman–Crippen MR) is 185 cm³/mol. The van der Waals surface area contributed by atoms with Gasteiger partial charge in [-0.3, -0.25) is 25.1 Å². The first-order chi connectivity index (χ1) is 31.3. The topological polar surface area (TPSA) is 625 Å². The Morgan fingerprint density at radius 2 is 0.681 bits per heavy atom. The third-order valence-corrected chi connectivity index (χ3v) is 12.1. The Morgan fingerprint density at radius 3 is 1.12 bits per heavy atom. The van der Waals surface area contributed by atoms with Crippen LogP contribution in [0.2, 0.25) is 0 Å². The summed E-state index contributed by atoms with van der Waals surface area (Å²) in [7, 11) is -36.2. The van der Waals surface area contributed by atoms with E-state index in [0.717, 1.165) is 0 Å². The number of ether oxygens (including phenoxy) is 7. The molecule has 0 aliphatic carbocycles. The Kier molecular flexibility index (Phi) is 20.1. The van der Waals surface area contributed by atoms with Crippen LogP contribution in [0.1, 0.15) is 0 Å². The highest BCUT2D eigenvalue weighted by atomic mass is 32.3. The van der Waals surface area contributed by atoms with Gasteiger partial charge in [0.1, 0.15) is 73.2 Å². The van der Waals surface area contributed by atoms with E-state index in [1.165, 1.54) is 0 Å². The number of hydrogen-bond donors (Lipinski definition) is 8. The minimum atomic E-state index is -6.31. The van der Waals surface area contributed by atoms with Crippen LogP contribution in [0.15, 0.2) is 0 Å². The van der Waals surface area contributed by atoms with Crippen molar-refractivity contribution in [1.82, 2.24) is 0 Å². The summed E-state index contributed by atoms with van der Waals surface area (Å²) >= 11 is 0. The molecule has 69 heavy (non-hydrogen) atoms. The van der Waals surface area contributed by atoms with E-state index in [2.05, 4.69) is 25.1 Å². The Morgan fingerprint density at radius 1 is 0.348 bits per heavy atom. The van der Waals surface area contributed by atoms with E-state index in [4.69, 9.17) is 33.2 Å². The van der Waals surface area contributed by atoms with Crippen LogP contribution in [0.3, 0.4) is 0 Å². The van der Waals surface area contributed by atoms with Crippen LogP contribution in [-0.4, -0.2) is 268 Å². The monoisotopic (exact) mass is 1140 g/mol. The van der Waals surface area contributed by atoms with E-state index < -0.39 is 212 Å². The van der Waals surface area contributed by atoms with Crippen LogP contribution >= 0.6 is 0 Å². The molecule has 4 rings (SSSR count). The Balaban J connectivity index is 1.84. The molecule has 4 saturated heterocycles. The summed E-state index contributed by atoms with van der Waals surface area (Å²) in [6.45, 7) is -6.23. The predicted octanol–water partition coefficient (Wildman–Crippen LogP) is -12.8. The Labute approximate surface area is 387 Å². The molecule has 0 saturated carbocycles. The molecule has 4 heterocycles. The van der Waals surface area contributed by atoms with Gasteiger partial charge in [-0.05, 0) is 0 Å². The van der Waals surface area contributed by atoms with E-state index in [0.29, 0.717) is 0 Å². The lowest BCUT2D eigenvalue weighted by Crippen LogP contribution is -2.68. The summed E-state index contributed by atoms with van der Waals surface area (Å²) in [4.78, 5) is 0. The van der Waals surface area contributed by atoms with Crippen molar-refractivity contribution in [3.8, 4) is 0 Å². The highest BCUT2D eigenvalue weighted by Crippen LogP contribution is 2.38. The number of rotatable bonds is 22. The highest BCUT2D eigenvalue weighted by Gasteiger charge is 2.58. The van der Waals surface area contributed by atoms with Crippen molar-refractivity contribution in [2.45, 2.75) is 123 Å². The molecule has 39 nitrogen and oxygen atoms in total. The largest absolute Gasteiger partial charge is 0.726 e. The summed E-state index contributed by atoms with van der Waals surface area (Å²) < 4.78 is 271. The normalized spacial score (nSPS) is 40.1. The van der Waals surface area contributed by atoms with Crippen molar-refractivity contribution < 1.29 is 177 Å². The standard InChI is InChI=1S/C24H42O39S6/c25-1-5-10(28)15(19(21(32)53-5)62-68(45,46)47)58-23-18(61-67(42,43)44)13(31)14(8(56-23)4-52-65(36,37)38)57-24-20(63-69(48,49)50)16(11(29)6(2-26)54-24)59-22-17(60-66(39,40)41)12(30)9(27)7(55-22)3-51-64(33,34)35/h5-32H,1-4H2,(H,33,34,35)(H,36,37,38)(H,39,40,41)(H,42,43,44)(H,45,46,47)(H,48,49,50)/p-6/t5-,6-,7-,8-,9+,10+,11+,12+,13+,14+,15+,16+,17-,18-,19-,20-,21-,22-,23-,24+/m1/s1. The zero-order valence-corrected chi connectivity index (χ0v) is 38.0. The molecule has 4 fully saturated rings. The van der Waals surface area contributed by atoms with Crippen molar-refractivity contribution in [3.63, 3.8) is 0 Å². The van der Waals surface area contributed by atoms with Crippen molar-refractivity contribution in [2.24, 2.45) is 0 Å². The van der Waals surface area contributed by atoms with Gasteiger partial charge in [-0.2, -0.15) is 0 Å². The zero-order valence-electron chi connectivity index (χ0n) is 33.1. The summed E-state index contributed by atoms with van der Waals surface area (Å²) in [5.41, 5.74) is 0. The minimum Gasteiger partial charge on any atom is -0.726 e. The molecular weight excluding hydrogens is 1100 g/mol. The maximum absolute atomic E-state index is 12.1. The zero-order chi connectivity index (χ0) is 52.6. The average molecular weight is 1140 g/mol. The highest BCUT2D eigenvalue weighted by molar-refractivity contribution is 7.82. The molecule has 8 N–H and O–H groups in total. The molecule has 0 aromatic carbocycles. The molecule has 0 amide bonds. The second kappa shape index (κ2) is 23.0. The number of hydrogen-bond acceptors (Lipinski definition) is 39.